The summed E-state index contributed by atoms with van der Waals surface area (Å²) < 4.78 is 0. The fourth-order valence-corrected chi connectivity index (χ4v) is 3.55. The van der Waals surface area contributed by atoms with Gasteiger partial charge in [-0.15, -0.1) is 0 Å². The van der Waals surface area contributed by atoms with E-state index in [1.165, 1.54) is 59.1 Å². The first kappa shape index (κ1) is 29.9. The van der Waals surface area contributed by atoms with E-state index in [0.29, 0.717) is 0 Å². The molecule has 0 unspecified atom stereocenters. The summed E-state index contributed by atoms with van der Waals surface area (Å²) in [5, 5.41) is 0. The molecule has 0 aliphatic heterocycles. The average molecular weight is 467 g/mol. The molecule has 0 bridgehead atoms. The molecule has 0 N–H and O–H groups in total. The van der Waals surface area contributed by atoms with Crippen LogP contribution in [0.1, 0.15) is 74.1 Å². The summed E-state index contributed by atoms with van der Waals surface area (Å²) in [6, 6.07) is 0. The van der Waals surface area contributed by atoms with Crippen LogP contribution in [0.25, 0.3) is 0 Å². The van der Waals surface area contributed by atoms with E-state index in [4.69, 9.17) is 0 Å². The van der Waals surface area contributed by atoms with Gasteiger partial charge < -0.3 is 0 Å². The second-order valence-electron chi connectivity index (χ2n) is 9.36. The highest BCUT2D eigenvalue weighted by molar-refractivity contribution is 5.35. The maximum absolute atomic E-state index is 2.31. The van der Waals surface area contributed by atoms with Crippen LogP contribution in [0.15, 0.2) is 142 Å². The van der Waals surface area contributed by atoms with Crippen LogP contribution in [0.5, 0.6) is 0 Å². The summed E-state index contributed by atoms with van der Waals surface area (Å²) in [4.78, 5) is 0. The average Bonchev–Trinajstić information content (AvgIpc) is 2.81. The number of rotatable bonds is 11. The van der Waals surface area contributed by atoms with Crippen molar-refractivity contribution in [3.63, 3.8) is 0 Å². The lowest BCUT2D eigenvalue weighted by Gasteiger charge is -2.14. The molecule has 0 fully saturated rings. The summed E-state index contributed by atoms with van der Waals surface area (Å²) in [6.07, 6.45) is 41.5. The molecule has 1 aliphatic carbocycles. The van der Waals surface area contributed by atoms with Crippen molar-refractivity contribution in [3.05, 3.63) is 142 Å². The normalized spacial score (nSPS) is 18.3. The second-order valence-corrected chi connectivity index (χ2v) is 9.36. The highest BCUT2D eigenvalue weighted by Crippen LogP contribution is 2.25. The van der Waals surface area contributed by atoms with E-state index in [-0.39, 0.29) is 0 Å². The molecule has 0 nitrogen and oxygen atoms in total. The summed E-state index contributed by atoms with van der Waals surface area (Å²) in [5.74, 6) is 0. The Kier molecular flexibility index (Phi) is 15.6. The van der Waals surface area contributed by atoms with Gasteiger partial charge in [0.25, 0.3) is 0 Å². The number of allylic oxidation sites excluding steroid dienone is 24. The van der Waals surface area contributed by atoms with Crippen molar-refractivity contribution >= 4 is 0 Å². The van der Waals surface area contributed by atoms with Gasteiger partial charge in [0.15, 0.2) is 0 Å². The first-order valence-electron chi connectivity index (χ1n) is 12.9. The summed E-state index contributed by atoms with van der Waals surface area (Å²) in [7, 11) is 0. The molecular weight excluding hydrogens is 420 g/mol. The van der Waals surface area contributed by atoms with Crippen molar-refractivity contribution in [3.8, 4) is 0 Å². The topological polar surface area (TPSA) is 0 Å². The van der Waals surface area contributed by atoms with Crippen molar-refractivity contribution in [2.75, 3.05) is 0 Å². The molecule has 0 aromatic carbocycles. The molecule has 1 rings (SSSR count). The van der Waals surface area contributed by atoms with E-state index in [9.17, 15) is 0 Å². The molecule has 0 aromatic heterocycles. The zero-order chi connectivity index (χ0) is 25.9. The quantitative estimate of drug-likeness (QED) is 0.266. The Hall–Kier alpha value is -3.12. The molecule has 0 spiro atoms. The fraction of sp³-hybridized carbons (Fsp3) is 0.314. The molecule has 186 valence electrons. The van der Waals surface area contributed by atoms with Gasteiger partial charge in [0.2, 0.25) is 0 Å². The van der Waals surface area contributed by atoms with E-state index in [1.807, 2.05) is 6.92 Å². The molecule has 0 heteroatoms. The van der Waals surface area contributed by atoms with Crippen LogP contribution >= 0.6 is 0 Å². The second kappa shape index (κ2) is 18.2. The Morgan fingerprint density at radius 3 is 1.37 bits per heavy atom. The van der Waals surface area contributed by atoms with Crippen LogP contribution in [0.2, 0.25) is 0 Å². The molecule has 1 aliphatic rings. The third kappa shape index (κ3) is 15.4. The van der Waals surface area contributed by atoms with Gasteiger partial charge in [0, 0.05) is 0 Å². The molecule has 0 heterocycles. The van der Waals surface area contributed by atoms with Gasteiger partial charge in [-0.1, -0.05) is 137 Å². The van der Waals surface area contributed by atoms with E-state index in [1.54, 1.807) is 5.57 Å². The lowest BCUT2D eigenvalue weighted by atomic mass is 9.92. The van der Waals surface area contributed by atoms with Crippen LogP contribution in [0.3, 0.4) is 0 Å². The number of hydrogen-bond acceptors (Lipinski definition) is 0. The van der Waals surface area contributed by atoms with Crippen LogP contribution in [-0.2, 0) is 0 Å². The minimum atomic E-state index is 1.22. The van der Waals surface area contributed by atoms with Crippen molar-refractivity contribution in [1.82, 2.24) is 0 Å². The smallest absolute Gasteiger partial charge is 0.0279 e. The van der Waals surface area contributed by atoms with E-state index in [0.717, 1.165) is 0 Å². The van der Waals surface area contributed by atoms with Gasteiger partial charge in [0.1, 0.15) is 0 Å². The van der Waals surface area contributed by atoms with Gasteiger partial charge in [-0.3, -0.25) is 0 Å². The van der Waals surface area contributed by atoms with Crippen LogP contribution < -0.4 is 0 Å². The minimum absolute atomic E-state index is 1.22. The number of hydrogen-bond donors (Lipinski definition) is 0. The highest BCUT2D eigenvalue weighted by Gasteiger charge is 2.05. The van der Waals surface area contributed by atoms with Gasteiger partial charge in [0.05, 0.1) is 0 Å². The van der Waals surface area contributed by atoms with E-state index < -0.39 is 0 Å². The zero-order valence-electron chi connectivity index (χ0n) is 23.1. The Morgan fingerprint density at radius 1 is 0.514 bits per heavy atom. The monoisotopic (exact) mass is 466 g/mol. The third-order valence-electron chi connectivity index (χ3n) is 5.76. The Morgan fingerprint density at radius 2 is 0.914 bits per heavy atom. The predicted molar refractivity (Wildman–Crippen MR) is 160 cm³/mol. The van der Waals surface area contributed by atoms with Gasteiger partial charge in [-0.25, -0.2) is 0 Å². The van der Waals surface area contributed by atoms with Crippen LogP contribution in [-0.4, -0.2) is 0 Å². The summed E-state index contributed by atoms with van der Waals surface area (Å²) in [6.45, 7) is 14.9. The molecular formula is C35H46. The SMILES string of the molecule is CC=CC(C)=CC=CC(C)=CC=CC(C)=CC=CC=C(C)C=CC=C(C)C=CC1=C(C)CCCC1. The maximum atomic E-state index is 2.31. The molecule has 0 atom stereocenters. The Bertz CT molecular complexity index is 1030. The predicted octanol–water partition coefficient (Wildman–Crippen LogP) is 11.0. The molecule has 0 aromatic rings. The van der Waals surface area contributed by atoms with Gasteiger partial charge in [-0.05, 0) is 79.7 Å². The zero-order valence-corrected chi connectivity index (χ0v) is 23.1. The Labute approximate surface area is 216 Å². The molecule has 0 saturated carbocycles. The molecule has 0 saturated heterocycles. The highest BCUT2D eigenvalue weighted by atomic mass is 14.1. The molecule has 0 amide bonds. The fourth-order valence-electron chi connectivity index (χ4n) is 3.55. The Balaban J connectivity index is 2.55. The van der Waals surface area contributed by atoms with Crippen molar-refractivity contribution < 1.29 is 0 Å². The summed E-state index contributed by atoms with van der Waals surface area (Å²) in [5.41, 5.74) is 9.28. The molecule has 0 radical (unpaired) electrons. The third-order valence-corrected chi connectivity index (χ3v) is 5.76. The lowest BCUT2D eigenvalue weighted by Crippen LogP contribution is -1.94. The first-order chi connectivity index (χ1) is 16.8. The lowest BCUT2D eigenvalue weighted by molar-refractivity contribution is 0.683. The van der Waals surface area contributed by atoms with Gasteiger partial charge >= 0.3 is 0 Å². The van der Waals surface area contributed by atoms with Crippen LogP contribution in [0, 0.1) is 0 Å². The van der Waals surface area contributed by atoms with E-state index >= 15 is 0 Å². The first-order valence-corrected chi connectivity index (χ1v) is 12.9. The van der Waals surface area contributed by atoms with Crippen molar-refractivity contribution in [1.29, 1.82) is 0 Å². The van der Waals surface area contributed by atoms with Gasteiger partial charge in [-0.2, -0.15) is 0 Å². The van der Waals surface area contributed by atoms with Crippen molar-refractivity contribution in [2.45, 2.75) is 74.1 Å². The minimum Gasteiger partial charge on any atom is -0.0874 e. The standard InChI is InChI=1S/C35H46/c1-8-16-29(2)19-13-22-32(5)23-14-20-30(3)17-9-10-18-31(4)21-15-24-33(6)27-28-35-26-12-11-25-34(35)7/h8-10,13-24,27-28H,11-12,25-26H2,1-7H3. The molecule has 35 heavy (non-hydrogen) atoms. The summed E-state index contributed by atoms with van der Waals surface area (Å²) >= 11 is 0. The van der Waals surface area contributed by atoms with E-state index in [2.05, 4.69) is 145 Å². The maximum Gasteiger partial charge on any atom is -0.0279 e. The van der Waals surface area contributed by atoms with Crippen LogP contribution in [0.4, 0.5) is 0 Å². The van der Waals surface area contributed by atoms with Crippen molar-refractivity contribution in [2.24, 2.45) is 0 Å². The largest absolute Gasteiger partial charge is 0.0874 e.